The molecule has 24 heavy (non-hydrogen) atoms. The molecule has 1 aromatic carbocycles. The van der Waals surface area contributed by atoms with Gasteiger partial charge in [-0.05, 0) is 43.9 Å². The zero-order valence-electron chi connectivity index (χ0n) is 13.9. The quantitative estimate of drug-likeness (QED) is 0.868. The molecule has 130 valence electrons. The molecular formula is C18H24N2O4. The van der Waals surface area contributed by atoms with Crippen molar-refractivity contribution in [2.45, 2.75) is 38.1 Å². The first-order valence-corrected chi connectivity index (χ1v) is 8.59. The summed E-state index contributed by atoms with van der Waals surface area (Å²) < 4.78 is 5.44. The maximum Gasteiger partial charge on any atom is 0.317 e. The van der Waals surface area contributed by atoms with Crippen LogP contribution in [-0.4, -0.2) is 47.7 Å². The number of aliphatic carboxylic acids is 1. The third-order valence-electron chi connectivity index (χ3n) is 4.85. The predicted octanol–water partition coefficient (Wildman–Crippen LogP) is 2.45. The molecule has 6 nitrogen and oxygen atoms in total. The minimum Gasteiger partial charge on any atom is -0.494 e. The van der Waals surface area contributed by atoms with Crippen molar-refractivity contribution in [2.24, 2.45) is 5.92 Å². The number of nitrogens with zero attached hydrogens (tertiary/aromatic N) is 1. The molecule has 2 amide bonds. The van der Waals surface area contributed by atoms with E-state index >= 15 is 0 Å². The van der Waals surface area contributed by atoms with Crippen LogP contribution in [0.5, 0.6) is 5.75 Å². The Morgan fingerprint density at radius 1 is 1.25 bits per heavy atom. The average molecular weight is 332 g/mol. The molecule has 2 aliphatic rings. The second-order valence-corrected chi connectivity index (χ2v) is 6.50. The van der Waals surface area contributed by atoms with E-state index in [2.05, 4.69) is 17.4 Å². The number of piperidine rings is 1. The molecule has 2 N–H and O–H groups in total. The third-order valence-corrected chi connectivity index (χ3v) is 4.85. The summed E-state index contributed by atoms with van der Waals surface area (Å²) in [7, 11) is 0. The van der Waals surface area contributed by atoms with Gasteiger partial charge in [0.1, 0.15) is 5.75 Å². The Bertz CT molecular complexity index is 594. The maximum atomic E-state index is 12.3. The number of carboxylic acids is 1. The van der Waals surface area contributed by atoms with E-state index in [1.807, 2.05) is 19.1 Å². The lowest BCUT2D eigenvalue weighted by Crippen LogP contribution is -2.46. The van der Waals surface area contributed by atoms with Gasteiger partial charge >= 0.3 is 12.0 Å². The maximum absolute atomic E-state index is 12.3. The lowest BCUT2D eigenvalue weighted by atomic mass is 9.97. The number of carboxylic acid groups (broad SMARTS) is 1. The molecule has 1 saturated heterocycles. The molecule has 1 saturated carbocycles. The summed E-state index contributed by atoms with van der Waals surface area (Å²) in [6, 6.07) is 8.14. The van der Waals surface area contributed by atoms with Crippen LogP contribution in [0.15, 0.2) is 24.3 Å². The Morgan fingerprint density at radius 3 is 2.50 bits per heavy atom. The number of carbonyl (C=O) groups excluding carboxylic acids is 1. The van der Waals surface area contributed by atoms with Gasteiger partial charge < -0.3 is 20.1 Å². The van der Waals surface area contributed by atoms with Gasteiger partial charge in [-0.15, -0.1) is 0 Å². The van der Waals surface area contributed by atoms with Crippen molar-refractivity contribution in [2.75, 3.05) is 19.7 Å². The van der Waals surface area contributed by atoms with E-state index in [4.69, 9.17) is 9.84 Å². The summed E-state index contributed by atoms with van der Waals surface area (Å²) in [5.74, 6) is 0.157. The van der Waals surface area contributed by atoms with Gasteiger partial charge in [-0.3, -0.25) is 4.79 Å². The summed E-state index contributed by atoms with van der Waals surface area (Å²) in [6.07, 6.45) is 2.02. The summed E-state index contributed by atoms with van der Waals surface area (Å²) in [4.78, 5) is 25.0. The van der Waals surface area contributed by atoms with E-state index in [9.17, 15) is 9.59 Å². The van der Waals surface area contributed by atoms with Crippen LogP contribution in [0.4, 0.5) is 4.79 Å². The molecule has 0 spiro atoms. The van der Waals surface area contributed by atoms with Crippen molar-refractivity contribution in [3.8, 4) is 5.75 Å². The van der Waals surface area contributed by atoms with Crippen molar-refractivity contribution in [1.82, 2.24) is 10.2 Å². The normalized spacial score (nSPS) is 23.6. The second-order valence-electron chi connectivity index (χ2n) is 6.50. The van der Waals surface area contributed by atoms with Gasteiger partial charge in [0.05, 0.1) is 12.5 Å². The number of rotatable bonds is 5. The largest absolute Gasteiger partial charge is 0.494 e. The molecule has 0 aromatic heterocycles. The first-order valence-electron chi connectivity index (χ1n) is 8.59. The number of carbonyl (C=O) groups is 2. The first-order chi connectivity index (χ1) is 11.6. The van der Waals surface area contributed by atoms with Gasteiger partial charge in [0, 0.05) is 25.0 Å². The molecule has 2 fully saturated rings. The van der Waals surface area contributed by atoms with Crippen LogP contribution in [0.25, 0.3) is 0 Å². The minimum atomic E-state index is -0.757. The predicted molar refractivity (Wildman–Crippen MR) is 89.2 cm³/mol. The Hall–Kier alpha value is -2.24. The summed E-state index contributed by atoms with van der Waals surface area (Å²) in [6.45, 7) is 3.64. The van der Waals surface area contributed by atoms with Gasteiger partial charge in [-0.25, -0.2) is 4.79 Å². The van der Waals surface area contributed by atoms with Crippen molar-refractivity contribution < 1.29 is 19.4 Å². The summed E-state index contributed by atoms with van der Waals surface area (Å²) in [5, 5.41) is 12.1. The van der Waals surface area contributed by atoms with Crippen LogP contribution in [-0.2, 0) is 4.79 Å². The fourth-order valence-corrected chi connectivity index (χ4v) is 3.28. The monoisotopic (exact) mass is 332 g/mol. The lowest BCUT2D eigenvalue weighted by molar-refractivity contribution is -0.143. The Balaban J connectivity index is 1.46. The highest BCUT2D eigenvalue weighted by molar-refractivity contribution is 5.76. The third kappa shape index (κ3) is 3.80. The molecular weight excluding hydrogens is 308 g/mol. The zero-order valence-corrected chi connectivity index (χ0v) is 13.9. The van der Waals surface area contributed by atoms with Gasteiger partial charge in [0.15, 0.2) is 0 Å². The van der Waals surface area contributed by atoms with E-state index < -0.39 is 5.97 Å². The number of hydrogen-bond donors (Lipinski definition) is 2. The molecule has 0 bridgehead atoms. The van der Waals surface area contributed by atoms with Crippen LogP contribution < -0.4 is 10.1 Å². The molecule has 2 atom stereocenters. The van der Waals surface area contributed by atoms with Gasteiger partial charge in [0.25, 0.3) is 0 Å². The molecule has 1 aliphatic heterocycles. The van der Waals surface area contributed by atoms with Gasteiger partial charge in [0.2, 0.25) is 0 Å². The number of ether oxygens (including phenoxy) is 1. The topological polar surface area (TPSA) is 78.9 Å². The van der Waals surface area contributed by atoms with Crippen molar-refractivity contribution >= 4 is 12.0 Å². The van der Waals surface area contributed by atoms with E-state index in [0.717, 1.165) is 12.2 Å². The minimum absolute atomic E-state index is 0.0720. The molecule has 6 heteroatoms. The van der Waals surface area contributed by atoms with Crippen molar-refractivity contribution in [3.05, 3.63) is 29.8 Å². The highest BCUT2D eigenvalue weighted by atomic mass is 16.5. The number of amides is 2. The Morgan fingerprint density at radius 2 is 1.92 bits per heavy atom. The molecule has 1 aliphatic carbocycles. The molecule has 1 aromatic rings. The highest BCUT2D eigenvalue weighted by Gasteiger charge is 2.40. The fourth-order valence-electron chi connectivity index (χ4n) is 3.28. The van der Waals surface area contributed by atoms with E-state index in [0.29, 0.717) is 38.5 Å². The lowest BCUT2D eigenvalue weighted by Gasteiger charge is -2.30. The summed E-state index contributed by atoms with van der Waals surface area (Å²) >= 11 is 0. The number of hydrogen-bond acceptors (Lipinski definition) is 3. The van der Waals surface area contributed by atoms with Crippen molar-refractivity contribution in [1.29, 1.82) is 0 Å². The van der Waals surface area contributed by atoms with Crippen LogP contribution in [0.1, 0.15) is 37.7 Å². The number of nitrogens with one attached hydrogen (secondary N) is 1. The molecule has 0 unspecified atom stereocenters. The highest BCUT2D eigenvalue weighted by Crippen LogP contribution is 2.41. The van der Waals surface area contributed by atoms with Crippen LogP contribution >= 0.6 is 0 Å². The molecule has 1 heterocycles. The van der Waals surface area contributed by atoms with Gasteiger partial charge in [-0.2, -0.15) is 0 Å². The Labute approximate surface area is 141 Å². The zero-order chi connectivity index (χ0) is 17.1. The van der Waals surface area contributed by atoms with Crippen LogP contribution in [0, 0.1) is 5.92 Å². The number of likely N-dealkylation sites (tertiary alicyclic amines) is 1. The van der Waals surface area contributed by atoms with Crippen LogP contribution in [0.3, 0.4) is 0 Å². The standard InChI is InChI=1S/C18H24N2O4/c1-2-24-14-5-3-12(4-6-14)15-11-16(15)19-18(23)20-9-7-13(8-10-20)17(21)22/h3-6,13,15-16H,2,7-11H2,1H3,(H,19,23)(H,21,22)/t15-,16+/m0/s1. The second kappa shape index (κ2) is 7.11. The first kappa shape index (κ1) is 16.6. The summed E-state index contributed by atoms with van der Waals surface area (Å²) in [5.41, 5.74) is 1.22. The van der Waals surface area contributed by atoms with E-state index in [-0.39, 0.29) is 18.0 Å². The number of urea groups is 1. The molecule has 3 rings (SSSR count). The average Bonchev–Trinajstić information content (AvgIpc) is 3.35. The fraction of sp³-hybridized carbons (Fsp3) is 0.556. The van der Waals surface area contributed by atoms with E-state index in [1.54, 1.807) is 4.90 Å². The number of benzene rings is 1. The van der Waals surface area contributed by atoms with Gasteiger partial charge in [-0.1, -0.05) is 12.1 Å². The van der Waals surface area contributed by atoms with E-state index in [1.165, 1.54) is 5.56 Å². The Kier molecular flexibility index (Phi) is 4.92. The van der Waals surface area contributed by atoms with Crippen LogP contribution in [0.2, 0.25) is 0 Å². The smallest absolute Gasteiger partial charge is 0.317 e. The molecule has 0 radical (unpaired) electrons. The SMILES string of the molecule is CCOc1ccc([C@@H]2C[C@H]2NC(=O)N2CCC(C(=O)O)CC2)cc1. The van der Waals surface area contributed by atoms with Crippen molar-refractivity contribution in [3.63, 3.8) is 0 Å².